The van der Waals surface area contributed by atoms with Crippen LogP contribution < -0.4 is 0 Å². The number of pyridine rings is 1. The third-order valence-electron chi connectivity index (χ3n) is 3.57. The van der Waals surface area contributed by atoms with Gasteiger partial charge >= 0.3 is 5.97 Å². The molecule has 0 amide bonds. The molecule has 0 atom stereocenters. The Bertz CT molecular complexity index is 756. The number of ketones is 1. The maximum absolute atomic E-state index is 12.5. The van der Waals surface area contributed by atoms with Gasteiger partial charge in [0.1, 0.15) is 11.3 Å². The Morgan fingerprint density at radius 3 is 2.71 bits per heavy atom. The summed E-state index contributed by atoms with van der Waals surface area (Å²) in [6, 6.07) is 3.78. The molecule has 1 aromatic rings. The fraction of sp³-hybridized carbons (Fsp3) is 0.316. The molecule has 0 saturated heterocycles. The summed E-state index contributed by atoms with van der Waals surface area (Å²) in [5.41, 5.74) is 2.58. The summed E-state index contributed by atoms with van der Waals surface area (Å²) in [5.74, 6) is -0.710. The van der Waals surface area contributed by atoms with E-state index in [0.717, 1.165) is 23.3 Å². The van der Waals surface area contributed by atoms with Gasteiger partial charge in [-0.25, -0.2) is 4.79 Å². The second-order valence-electron chi connectivity index (χ2n) is 5.30. The lowest BCUT2D eigenvalue weighted by Gasteiger charge is -2.07. The van der Waals surface area contributed by atoms with Crippen molar-refractivity contribution in [3.8, 4) is 0 Å². The van der Waals surface area contributed by atoms with Crippen LogP contribution in [0.25, 0.3) is 5.57 Å². The molecule has 0 bridgehead atoms. The summed E-state index contributed by atoms with van der Waals surface area (Å²) in [6.45, 7) is 7.40. The average molecular weight is 327 g/mol. The van der Waals surface area contributed by atoms with E-state index in [1.54, 1.807) is 26.1 Å². The van der Waals surface area contributed by atoms with Crippen LogP contribution in [0.3, 0.4) is 0 Å². The van der Waals surface area contributed by atoms with E-state index in [9.17, 15) is 9.59 Å². The molecule has 24 heavy (non-hydrogen) atoms. The smallest absolute Gasteiger partial charge is 0.345 e. The van der Waals surface area contributed by atoms with Gasteiger partial charge in [0.2, 0.25) is 5.78 Å². The van der Waals surface area contributed by atoms with Crippen molar-refractivity contribution < 1.29 is 19.1 Å². The maximum atomic E-state index is 12.5. The van der Waals surface area contributed by atoms with Crippen LogP contribution in [0.2, 0.25) is 0 Å². The van der Waals surface area contributed by atoms with Gasteiger partial charge in [0, 0.05) is 17.5 Å². The molecule has 1 aromatic heterocycles. The molecule has 0 fully saturated rings. The van der Waals surface area contributed by atoms with Crippen LogP contribution in [0.15, 0.2) is 47.6 Å². The fourth-order valence-corrected chi connectivity index (χ4v) is 2.48. The molecular weight excluding hydrogens is 306 g/mol. The Balaban J connectivity index is 2.37. The first-order valence-corrected chi connectivity index (χ1v) is 7.93. The van der Waals surface area contributed by atoms with Crippen LogP contribution in [0.1, 0.15) is 38.4 Å². The first kappa shape index (κ1) is 17.7. The van der Waals surface area contributed by atoms with Gasteiger partial charge in [-0.2, -0.15) is 0 Å². The van der Waals surface area contributed by atoms with E-state index < -0.39 is 11.8 Å². The summed E-state index contributed by atoms with van der Waals surface area (Å²) in [5, 5.41) is 0. The highest BCUT2D eigenvalue weighted by atomic mass is 16.5. The molecule has 5 heteroatoms. The zero-order valence-electron chi connectivity index (χ0n) is 14.4. The standard InChI is InChI=1S/C19H21NO4/c1-5-8-14(15-9-7-10-20-12(15)3)11-16-18(21)17(13(4)24-16)19(22)23-6-2/h7-11H,5-6H2,1-4H3/b14-8-,16-11-. The average Bonchev–Trinajstić information content (AvgIpc) is 2.82. The molecule has 126 valence electrons. The highest BCUT2D eigenvalue weighted by Crippen LogP contribution is 2.29. The first-order chi connectivity index (χ1) is 11.5. The third kappa shape index (κ3) is 3.62. The molecule has 0 N–H and O–H groups in total. The Hall–Kier alpha value is -2.69. The number of esters is 1. The van der Waals surface area contributed by atoms with Gasteiger partial charge in [0.15, 0.2) is 5.76 Å². The Kier molecular flexibility index (Phi) is 5.68. The zero-order valence-corrected chi connectivity index (χ0v) is 14.4. The second kappa shape index (κ2) is 7.73. The summed E-state index contributed by atoms with van der Waals surface area (Å²) >= 11 is 0. The van der Waals surface area contributed by atoms with Crippen LogP contribution >= 0.6 is 0 Å². The van der Waals surface area contributed by atoms with Crippen molar-refractivity contribution in [1.82, 2.24) is 4.98 Å². The monoisotopic (exact) mass is 327 g/mol. The van der Waals surface area contributed by atoms with Crippen LogP contribution in [0.5, 0.6) is 0 Å². The highest BCUT2D eigenvalue weighted by Gasteiger charge is 2.34. The predicted molar refractivity (Wildman–Crippen MR) is 90.8 cm³/mol. The van der Waals surface area contributed by atoms with E-state index in [1.807, 2.05) is 32.1 Å². The minimum atomic E-state index is -0.651. The molecule has 0 aliphatic carbocycles. The molecular formula is C19H21NO4. The number of aryl methyl sites for hydroxylation is 1. The SMILES string of the molecule is CC/C=C(/C=C1\OC(C)=C(C(=O)OCC)C1=O)c1cccnc1C. The van der Waals surface area contributed by atoms with Crippen molar-refractivity contribution in [1.29, 1.82) is 0 Å². The Morgan fingerprint density at radius 1 is 1.33 bits per heavy atom. The largest absolute Gasteiger partial charge is 0.462 e. The van der Waals surface area contributed by atoms with Crippen LogP contribution in [0.4, 0.5) is 0 Å². The number of allylic oxidation sites excluding steroid dienone is 5. The van der Waals surface area contributed by atoms with Gasteiger partial charge in [-0.05, 0) is 44.9 Å². The van der Waals surface area contributed by atoms with Crippen molar-refractivity contribution >= 4 is 17.3 Å². The predicted octanol–water partition coefficient (Wildman–Crippen LogP) is 3.50. The molecule has 0 saturated carbocycles. The van der Waals surface area contributed by atoms with Crippen molar-refractivity contribution in [2.45, 2.75) is 34.1 Å². The van der Waals surface area contributed by atoms with Gasteiger partial charge in [-0.15, -0.1) is 0 Å². The molecule has 1 aliphatic rings. The molecule has 0 radical (unpaired) electrons. The summed E-state index contributed by atoms with van der Waals surface area (Å²) in [6.07, 6.45) is 6.16. The number of carbonyl (C=O) groups excluding carboxylic acids is 2. The lowest BCUT2D eigenvalue weighted by atomic mass is 10.0. The number of nitrogens with zero attached hydrogens (tertiary/aromatic N) is 1. The van der Waals surface area contributed by atoms with E-state index in [1.165, 1.54) is 0 Å². The van der Waals surface area contributed by atoms with Crippen LogP contribution in [-0.2, 0) is 19.1 Å². The van der Waals surface area contributed by atoms with Gasteiger partial charge in [-0.3, -0.25) is 9.78 Å². The third-order valence-corrected chi connectivity index (χ3v) is 3.57. The number of aromatic nitrogens is 1. The van der Waals surface area contributed by atoms with Crippen LogP contribution in [-0.4, -0.2) is 23.3 Å². The second-order valence-corrected chi connectivity index (χ2v) is 5.30. The number of Topliss-reactive ketones (excluding diaryl/α,β-unsaturated/α-hetero) is 1. The molecule has 2 heterocycles. The maximum Gasteiger partial charge on any atom is 0.345 e. The van der Waals surface area contributed by atoms with E-state index >= 15 is 0 Å². The van der Waals surface area contributed by atoms with Crippen molar-refractivity contribution in [3.05, 3.63) is 58.8 Å². The molecule has 2 rings (SSSR count). The zero-order chi connectivity index (χ0) is 17.7. The lowest BCUT2D eigenvalue weighted by molar-refractivity contribution is -0.139. The van der Waals surface area contributed by atoms with Gasteiger partial charge in [-0.1, -0.05) is 19.1 Å². The van der Waals surface area contributed by atoms with E-state index in [4.69, 9.17) is 9.47 Å². The summed E-state index contributed by atoms with van der Waals surface area (Å²) in [7, 11) is 0. The first-order valence-electron chi connectivity index (χ1n) is 7.93. The topological polar surface area (TPSA) is 65.5 Å². The van der Waals surface area contributed by atoms with E-state index in [0.29, 0.717) is 0 Å². The van der Waals surface area contributed by atoms with Gasteiger partial charge < -0.3 is 9.47 Å². The molecule has 0 spiro atoms. The highest BCUT2D eigenvalue weighted by molar-refractivity contribution is 6.25. The molecule has 1 aliphatic heterocycles. The molecule has 5 nitrogen and oxygen atoms in total. The minimum Gasteiger partial charge on any atom is -0.462 e. The summed E-state index contributed by atoms with van der Waals surface area (Å²) in [4.78, 5) is 28.7. The Morgan fingerprint density at radius 2 is 2.08 bits per heavy atom. The fourth-order valence-electron chi connectivity index (χ4n) is 2.48. The molecule has 0 aromatic carbocycles. The van der Waals surface area contributed by atoms with Crippen molar-refractivity contribution in [2.75, 3.05) is 6.61 Å². The Labute approximate surface area is 141 Å². The van der Waals surface area contributed by atoms with E-state index in [-0.39, 0.29) is 23.7 Å². The normalized spacial score (nSPS) is 16.6. The van der Waals surface area contributed by atoms with Crippen molar-refractivity contribution in [3.63, 3.8) is 0 Å². The summed E-state index contributed by atoms with van der Waals surface area (Å²) < 4.78 is 10.4. The van der Waals surface area contributed by atoms with E-state index in [2.05, 4.69) is 4.98 Å². The van der Waals surface area contributed by atoms with Crippen LogP contribution in [0, 0.1) is 6.92 Å². The quantitative estimate of drug-likeness (QED) is 0.470. The number of ether oxygens (including phenoxy) is 2. The lowest BCUT2D eigenvalue weighted by Crippen LogP contribution is -2.14. The number of carbonyl (C=O) groups is 2. The minimum absolute atomic E-state index is 0.0399. The van der Waals surface area contributed by atoms with Gasteiger partial charge in [0.25, 0.3) is 0 Å². The van der Waals surface area contributed by atoms with Gasteiger partial charge in [0.05, 0.1) is 6.61 Å². The number of hydrogen-bond donors (Lipinski definition) is 0. The number of rotatable bonds is 5. The number of hydrogen-bond acceptors (Lipinski definition) is 5. The molecule has 0 unspecified atom stereocenters. The van der Waals surface area contributed by atoms with Crippen molar-refractivity contribution in [2.24, 2.45) is 0 Å².